The number of nitrogens with two attached hydrogens (primary N) is 1. The average molecular weight is 163 g/mol. The van der Waals surface area contributed by atoms with Gasteiger partial charge in [-0.1, -0.05) is 6.92 Å². The van der Waals surface area contributed by atoms with Crippen molar-refractivity contribution in [3.05, 3.63) is 17.8 Å². The minimum absolute atomic E-state index is 0.682. The number of hydrogen-bond donors (Lipinski definition) is 2. The molecule has 1 aromatic heterocycles. The van der Waals surface area contributed by atoms with Crippen molar-refractivity contribution in [2.75, 3.05) is 17.6 Å². The van der Waals surface area contributed by atoms with Gasteiger partial charge in [0.1, 0.15) is 5.82 Å². The topological polar surface area (TPSA) is 50.9 Å². The molecule has 0 bridgehead atoms. The number of anilines is 2. The third kappa shape index (κ3) is 1.22. The largest absolute Gasteiger partial charge is 0.397 e. The summed E-state index contributed by atoms with van der Waals surface area (Å²) in [5.41, 5.74) is 7.64. The summed E-state index contributed by atoms with van der Waals surface area (Å²) in [6.07, 6.45) is 2.78. The van der Waals surface area contributed by atoms with Gasteiger partial charge in [-0.3, -0.25) is 0 Å². The Morgan fingerprint density at radius 3 is 3.33 bits per heavy atom. The van der Waals surface area contributed by atoms with Crippen LogP contribution in [0.1, 0.15) is 12.5 Å². The fourth-order valence-corrected chi connectivity index (χ4v) is 1.56. The number of nitrogens with one attached hydrogen (secondary N) is 1. The molecule has 0 spiro atoms. The molecule has 1 atom stereocenters. The second-order valence-electron chi connectivity index (χ2n) is 3.47. The molecule has 3 N–H and O–H groups in total. The molecule has 64 valence electrons. The lowest BCUT2D eigenvalue weighted by atomic mass is 9.98. The third-order valence-electron chi connectivity index (χ3n) is 2.17. The predicted molar refractivity (Wildman–Crippen MR) is 50.0 cm³/mol. The number of aromatic nitrogens is 1. The Kier molecular flexibility index (Phi) is 1.64. The Hall–Kier alpha value is -1.25. The van der Waals surface area contributed by atoms with E-state index in [1.165, 1.54) is 5.56 Å². The zero-order valence-corrected chi connectivity index (χ0v) is 7.17. The van der Waals surface area contributed by atoms with Crippen molar-refractivity contribution in [2.45, 2.75) is 13.3 Å². The van der Waals surface area contributed by atoms with Crippen LogP contribution in [0.25, 0.3) is 0 Å². The molecular weight excluding hydrogens is 150 g/mol. The summed E-state index contributed by atoms with van der Waals surface area (Å²) in [6, 6.07) is 2.00. The van der Waals surface area contributed by atoms with Gasteiger partial charge in [-0.05, 0) is 24.0 Å². The quantitative estimate of drug-likeness (QED) is 0.605. The highest BCUT2D eigenvalue weighted by Gasteiger charge is 2.14. The monoisotopic (exact) mass is 163 g/mol. The van der Waals surface area contributed by atoms with Gasteiger partial charge in [0, 0.05) is 6.54 Å². The minimum Gasteiger partial charge on any atom is -0.397 e. The second kappa shape index (κ2) is 2.66. The van der Waals surface area contributed by atoms with Crippen molar-refractivity contribution in [1.29, 1.82) is 0 Å². The molecule has 1 aromatic rings. The van der Waals surface area contributed by atoms with Crippen LogP contribution >= 0.6 is 0 Å². The summed E-state index contributed by atoms with van der Waals surface area (Å²) >= 11 is 0. The summed E-state index contributed by atoms with van der Waals surface area (Å²) in [6.45, 7) is 3.24. The molecule has 1 aliphatic heterocycles. The average Bonchev–Trinajstić information content (AvgIpc) is 2.03. The van der Waals surface area contributed by atoms with Crippen molar-refractivity contribution < 1.29 is 0 Å². The van der Waals surface area contributed by atoms with Gasteiger partial charge in [0.25, 0.3) is 0 Å². The number of rotatable bonds is 0. The summed E-state index contributed by atoms with van der Waals surface area (Å²) in [7, 11) is 0. The molecule has 1 aliphatic rings. The molecule has 0 saturated heterocycles. The maximum atomic E-state index is 5.64. The number of fused-ring (bicyclic) bond motifs is 1. The first-order chi connectivity index (χ1) is 5.75. The summed E-state index contributed by atoms with van der Waals surface area (Å²) < 4.78 is 0. The molecule has 0 aromatic carbocycles. The van der Waals surface area contributed by atoms with Crippen LogP contribution in [-0.4, -0.2) is 11.5 Å². The molecule has 2 rings (SSSR count). The summed E-state index contributed by atoms with van der Waals surface area (Å²) in [5.74, 6) is 1.68. The highest BCUT2D eigenvalue weighted by Crippen LogP contribution is 2.23. The van der Waals surface area contributed by atoms with E-state index in [9.17, 15) is 0 Å². The third-order valence-corrected chi connectivity index (χ3v) is 2.17. The van der Waals surface area contributed by atoms with Gasteiger partial charge >= 0.3 is 0 Å². The Bertz CT molecular complexity index is 296. The SMILES string of the molecule is CC1CNc2ncc(N)cc2C1. The van der Waals surface area contributed by atoms with Crippen LogP contribution in [0.2, 0.25) is 0 Å². The van der Waals surface area contributed by atoms with Crippen molar-refractivity contribution in [3.63, 3.8) is 0 Å². The van der Waals surface area contributed by atoms with Gasteiger partial charge in [-0.2, -0.15) is 0 Å². The molecule has 0 radical (unpaired) electrons. The Morgan fingerprint density at radius 2 is 2.50 bits per heavy atom. The Balaban J connectivity index is 2.37. The van der Waals surface area contributed by atoms with Gasteiger partial charge < -0.3 is 11.1 Å². The van der Waals surface area contributed by atoms with Gasteiger partial charge in [-0.25, -0.2) is 4.98 Å². The number of hydrogen-bond acceptors (Lipinski definition) is 3. The highest BCUT2D eigenvalue weighted by molar-refractivity contribution is 5.53. The normalized spacial score (nSPS) is 21.2. The van der Waals surface area contributed by atoms with E-state index < -0.39 is 0 Å². The van der Waals surface area contributed by atoms with E-state index in [4.69, 9.17) is 5.73 Å². The number of pyridine rings is 1. The molecule has 2 heterocycles. The molecule has 12 heavy (non-hydrogen) atoms. The van der Waals surface area contributed by atoms with E-state index in [2.05, 4.69) is 17.2 Å². The zero-order chi connectivity index (χ0) is 8.55. The fourth-order valence-electron chi connectivity index (χ4n) is 1.56. The van der Waals surface area contributed by atoms with E-state index in [0.717, 1.165) is 24.5 Å². The standard InChI is InChI=1S/C9H13N3/c1-6-2-7-3-8(10)5-12-9(7)11-4-6/h3,5-6H,2,4,10H2,1H3,(H,11,12). The number of nitrogens with zero attached hydrogens (tertiary/aromatic N) is 1. The Labute approximate surface area is 72.0 Å². The van der Waals surface area contributed by atoms with Crippen LogP contribution in [-0.2, 0) is 6.42 Å². The lowest BCUT2D eigenvalue weighted by Crippen LogP contribution is -2.21. The summed E-state index contributed by atoms with van der Waals surface area (Å²) in [5, 5.41) is 3.27. The van der Waals surface area contributed by atoms with Crippen molar-refractivity contribution >= 4 is 11.5 Å². The van der Waals surface area contributed by atoms with Gasteiger partial charge in [0.05, 0.1) is 11.9 Å². The molecular formula is C9H13N3. The van der Waals surface area contributed by atoms with E-state index in [1.54, 1.807) is 6.20 Å². The molecule has 1 unspecified atom stereocenters. The van der Waals surface area contributed by atoms with E-state index >= 15 is 0 Å². The van der Waals surface area contributed by atoms with Gasteiger partial charge in [0.15, 0.2) is 0 Å². The van der Waals surface area contributed by atoms with Gasteiger partial charge in [0.2, 0.25) is 0 Å². The lowest BCUT2D eigenvalue weighted by molar-refractivity contribution is 0.591. The van der Waals surface area contributed by atoms with Crippen LogP contribution in [0.3, 0.4) is 0 Å². The van der Waals surface area contributed by atoms with E-state index in [0.29, 0.717) is 5.92 Å². The maximum absolute atomic E-state index is 5.64. The molecule has 3 heteroatoms. The second-order valence-corrected chi connectivity index (χ2v) is 3.47. The molecule has 3 nitrogen and oxygen atoms in total. The van der Waals surface area contributed by atoms with Crippen LogP contribution in [0.4, 0.5) is 11.5 Å². The first-order valence-electron chi connectivity index (χ1n) is 4.24. The fraction of sp³-hybridized carbons (Fsp3) is 0.444. The smallest absolute Gasteiger partial charge is 0.129 e. The maximum Gasteiger partial charge on any atom is 0.129 e. The van der Waals surface area contributed by atoms with Crippen molar-refractivity contribution in [2.24, 2.45) is 5.92 Å². The number of nitrogen functional groups attached to an aromatic ring is 1. The van der Waals surface area contributed by atoms with Crippen LogP contribution < -0.4 is 11.1 Å². The molecule has 0 saturated carbocycles. The molecule has 0 aliphatic carbocycles. The Morgan fingerprint density at radius 1 is 1.67 bits per heavy atom. The van der Waals surface area contributed by atoms with Crippen LogP contribution in [0.5, 0.6) is 0 Å². The van der Waals surface area contributed by atoms with Crippen LogP contribution in [0, 0.1) is 5.92 Å². The van der Waals surface area contributed by atoms with E-state index in [1.807, 2.05) is 6.07 Å². The first kappa shape index (κ1) is 7.40. The summed E-state index contributed by atoms with van der Waals surface area (Å²) in [4.78, 5) is 4.22. The predicted octanol–water partition coefficient (Wildman–Crippen LogP) is 1.27. The lowest BCUT2D eigenvalue weighted by Gasteiger charge is -2.22. The highest BCUT2D eigenvalue weighted by atomic mass is 15.0. The van der Waals surface area contributed by atoms with Crippen molar-refractivity contribution in [1.82, 2.24) is 4.98 Å². The molecule has 0 amide bonds. The zero-order valence-electron chi connectivity index (χ0n) is 7.17. The van der Waals surface area contributed by atoms with Gasteiger partial charge in [-0.15, -0.1) is 0 Å². The molecule has 0 fully saturated rings. The van der Waals surface area contributed by atoms with Crippen molar-refractivity contribution in [3.8, 4) is 0 Å². The van der Waals surface area contributed by atoms with E-state index in [-0.39, 0.29) is 0 Å². The van der Waals surface area contributed by atoms with Crippen LogP contribution in [0.15, 0.2) is 12.3 Å². The minimum atomic E-state index is 0.682. The first-order valence-corrected chi connectivity index (χ1v) is 4.24.